The van der Waals surface area contributed by atoms with Crippen molar-refractivity contribution in [3.63, 3.8) is 0 Å². The molecule has 0 aliphatic carbocycles. The summed E-state index contributed by atoms with van der Waals surface area (Å²) in [5, 5.41) is 3.36. The molecule has 5 nitrogen and oxygen atoms in total. The average molecular weight is 327 g/mol. The van der Waals surface area contributed by atoms with Crippen LogP contribution in [0.4, 0.5) is 5.69 Å². The molecule has 110 valence electrons. The lowest BCUT2D eigenvalue weighted by Crippen LogP contribution is -2.34. The van der Waals surface area contributed by atoms with Gasteiger partial charge in [-0.05, 0) is 48.0 Å². The van der Waals surface area contributed by atoms with Gasteiger partial charge in [-0.2, -0.15) is 0 Å². The van der Waals surface area contributed by atoms with Gasteiger partial charge in [0.15, 0.2) is 11.0 Å². The topological polar surface area (TPSA) is 62.6 Å². The minimum Gasteiger partial charge on any atom is -0.440 e. The van der Waals surface area contributed by atoms with Crippen LogP contribution in [0.3, 0.4) is 0 Å². The van der Waals surface area contributed by atoms with Crippen LogP contribution in [0, 0.1) is 0 Å². The predicted octanol–water partition coefficient (Wildman–Crippen LogP) is 3.30. The Morgan fingerprint density at radius 3 is 2.38 bits per heavy atom. The number of likely N-dealkylation sites (N-methyl/N-ethyl adjacent to an activating group) is 1. The van der Waals surface area contributed by atoms with Gasteiger partial charge in [0.1, 0.15) is 0 Å². The molecule has 0 spiro atoms. The van der Waals surface area contributed by atoms with Crippen molar-refractivity contribution >= 4 is 40.7 Å². The number of nitrogens with one attached hydrogen (secondary N) is 1. The van der Waals surface area contributed by atoms with Crippen molar-refractivity contribution in [2.75, 3.05) is 18.9 Å². The number of benzene rings is 1. The van der Waals surface area contributed by atoms with Gasteiger partial charge in [-0.1, -0.05) is 11.6 Å². The molecule has 0 saturated heterocycles. The molecule has 21 heavy (non-hydrogen) atoms. The summed E-state index contributed by atoms with van der Waals surface area (Å²) in [7, 11) is 1.50. The molecule has 0 fully saturated rings. The highest BCUT2D eigenvalue weighted by molar-refractivity contribution is 6.30. The smallest absolute Gasteiger partial charge is 0.289 e. The lowest BCUT2D eigenvalue weighted by molar-refractivity contribution is -0.116. The number of rotatable bonds is 4. The van der Waals surface area contributed by atoms with Gasteiger partial charge in [-0.15, -0.1) is 0 Å². The zero-order valence-corrected chi connectivity index (χ0v) is 12.6. The molecule has 0 bridgehead atoms. The molecular formula is C14H12Cl2N2O3. The summed E-state index contributed by atoms with van der Waals surface area (Å²) in [6.07, 6.45) is 0. The van der Waals surface area contributed by atoms with Crippen molar-refractivity contribution in [3.05, 3.63) is 52.4 Å². The molecule has 2 amide bonds. The molecule has 1 aromatic carbocycles. The summed E-state index contributed by atoms with van der Waals surface area (Å²) in [5.41, 5.74) is 0.603. The third-order valence-electron chi connectivity index (χ3n) is 2.64. The molecule has 7 heteroatoms. The fourth-order valence-corrected chi connectivity index (χ4v) is 1.91. The van der Waals surface area contributed by atoms with Crippen LogP contribution in [0.1, 0.15) is 10.6 Å². The van der Waals surface area contributed by atoms with Crippen LogP contribution in [-0.4, -0.2) is 30.3 Å². The minimum absolute atomic E-state index is 0.0850. The number of hydrogen-bond donors (Lipinski definition) is 1. The maximum atomic E-state index is 12.0. The average Bonchev–Trinajstić information content (AvgIpc) is 2.87. The standard InChI is InChI=1S/C14H12Cl2N2O3/c1-18(14(20)11-6-7-12(16)21-11)8-13(19)17-10-4-2-9(15)3-5-10/h2-7H,8H2,1H3,(H,17,19). The third kappa shape index (κ3) is 4.24. The Kier molecular flexibility index (Phi) is 4.88. The van der Waals surface area contributed by atoms with Crippen molar-refractivity contribution in [2.24, 2.45) is 0 Å². The number of carbonyl (C=O) groups is 2. The van der Waals surface area contributed by atoms with Gasteiger partial charge in [0.25, 0.3) is 5.91 Å². The number of carbonyl (C=O) groups excluding carboxylic acids is 2. The molecule has 2 aromatic rings. The van der Waals surface area contributed by atoms with Crippen LogP contribution >= 0.6 is 23.2 Å². The number of furan rings is 1. The second-order valence-corrected chi connectivity index (χ2v) is 5.13. The van der Waals surface area contributed by atoms with Gasteiger partial charge in [0, 0.05) is 17.8 Å². The van der Waals surface area contributed by atoms with Crippen LogP contribution in [0.2, 0.25) is 10.2 Å². The van der Waals surface area contributed by atoms with E-state index < -0.39 is 5.91 Å². The highest BCUT2D eigenvalue weighted by Crippen LogP contribution is 2.15. The van der Waals surface area contributed by atoms with Crippen LogP contribution in [0.25, 0.3) is 0 Å². The third-order valence-corrected chi connectivity index (χ3v) is 3.09. The minimum atomic E-state index is -0.423. The summed E-state index contributed by atoms with van der Waals surface area (Å²) in [6.45, 7) is -0.111. The molecule has 0 saturated carbocycles. The first-order valence-electron chi connectivity index (χ1n) is 6.02. The summed E-state index contributed by atoms with van der Waals surface area (Å²) < 4.78 is 5.01. The Balaban J connectivity index is 1.92. The van der Waals surface area contributed by atoms with E-state index in [4.69, 9.17) is 27.6 Å². The largest absolute Gasteiger partial charge is 0.440 e. The van der Waals surface area contributed by atoms with Gasteiger partial charge in [0.2, 0.25) is 5.91 Å². The zero-order chi connectivity index (χ0) is 15.4. The van der Waals surface area contributed by atoms with E-state index in [0.717, 1.165) is 0 Å². The molecule has 0 unspecified atom stereocenters. The van der Waals surface area contributed by atoms with Gasteiger partial charge in [-0.3, -0.25) is 9.59 Å². The Bertz CT molecular complexity index is 652. The lowest BCUT2D eigenvalue weighted by Gasteiger charge is -2.15. The van der Waals surface area contributed by atoms with Crippen LogP contribution in [0.5, 0.6) is 0 Å². The molecule has 1 N–H and O–H groups in total. The first kappa shape index (κ1) is 15.4. The van der Waals surface area contributed by atoms with Gasteiger partial charge >= 0.3 is 0 Å². The quantitative estimate of drug-likeness (QED) is 0.937. The highest BCUT2D eigenvalue weighted by atomic mass is 35.5. The highest BCUT2D eigenvalue weighted by Gasteiger charge is 2.18. The molecule has 1 heterocycles. The molecular weight excluding hydrogens is 315 g/mol. The predicted molar refractivity (Wildman–Crippen MR) is 80.8 cm³/mol. The second kappa shape index (κ2) is 6.65. The zero-order valence-electron chi connectivity index (χ0n) is 11.1. The fourth-order valence-electron chi connectivity index (χ4n) is 1.64. The molecule has 0 radical (unpaired) electrons. The van der Waals surface area contributed by atoms with Gasteiger partial charge in [-0.25, -0.2) is 0 Å². The van der Waals surface area contributed by atoms with E-state index in [1.54, 1.807) is 24.3 Å². The summed E-state index contributed by atoms with van der Waals surface area (Å²) >= 11 is 11.4. The Morgan fingerprint density at radius 2 is 1.81 bits per heavy atom. The number of hydrogen-bond acceptors (Lipinski definition) is 3. The molecule has 2 rings (SSSR count). The SMILES string of the molecule is CN(CC(=O)Nc1ccc(Cl)cc1)C(=O)c1ccc(Cl)o1. The van der Waals surface area contributed by atoms with Crippen LogP contribution < -0.4 is 5.32 Å². The maximum Gasteiger partial charge on any atom is 0.289 e. The number of anilines is 1. The maximum absolute atomic E-state index is 12.0. The van der Waals surface area contributed by atoms with E-state index in [0.29, 0.717) is 10.7 Å². The van der Waals surface area contributed by atoms with Crippen molar-refractivity contribution in [1.29, 1.82) is 0 Å². The normalized spacial score (nSPS) is 10.2. The van der Waals surface area contributed by atoms with Crippen molar-refractivity contribution < 1.29 is 14.0 Å². The number of amides is 2. The summed E-state index contributed by atoms with van der Waals surface area (Å²) in [4.78, 5) is 25.1. The molecule has 0 atom stereocenters. The van der Waals surface area contributed by atoms with Gasteiger partial charge < -0.3 is 14.6 Å². The Hall–Kier alpha value is -1.98. The lowest BCUT2D eigenvalue weighted by atomic mass is 10.3. The van der Waals surface area contributed by atoms with E-state index >= 15 is 0 Å². The van der Waals surface area contributed by atoms with Crippen molar-refractivity contribution in [1.82, 2.24) is 4.90 Å². The van der Waals surface area contributed by atoms with E-state index in [1.165, 1.54) is 24.1 Å². The van der Waals surface area contributed by atoms with Crippen LogP contribution in [0.15, 0.2) is 40.8 Å². The molecule has 0 aliphatic heterocycles. The first-order chi connectivity index (χ1) is 9.95. The monoisotopic (exact) mass is 326 g/mol. The van der Waals surface area contributed by atoms with Crippen LogP contribution in [-0.2, 0) is 4.79 Å². The van der Waals surface area contributed by atoms with E-state index in [2.05, 4.69) is 5.32 Å². The van der Waals surface area contributed by atoms with Gasteiger partial charge in [0.05, 0.1) is 6.54 Å². The first-order valence-corrected chi connectivity index (χ1v) is 6.77. The number of nitrogens with zero attached hydrogens (tertiary/aromatic N) is 1. The van der Waals surface area contributed by atoms with E-state index in [-0.39, 0.29) is 23.4 Å². The Labute approximate surface area is 131 Å². The second-order valence-electron chi connectivity index (χ2n) is 4.32. The Morgan fingerprint density at radius 1 is 1.14 bits per heavy atom. The summed E-state index contributed by atoms with van der Waals surface area (Å²) in [5.74, 6) is -0.666. The van der Waals surface area contributed by atoms with Crippen molar-refractivity contribution in [3.8, 4) is 0 Å². The number of halogens is 2. The van der Waals surface area contributed by atoms with E-state index in [1.807, 2.05) is 0 Å². The molecule has 1 aromatic heterocycles. The van der Waals surface area contributed by atoms with Crippen molar-refractivity contribution in [2.45, 2.75) is 0 Å². The summed E-state index contributed by atoms with van der Waals surface area (Å²) in [6, 6.07) is 9.60. The fraction of sp³-hybridized carbons (Fsp3) is 0.143. The molecule has 0 aliphatic rings. The van der Waals surface area contributed by atoms with E-state index in [9.17, 15) is 9.59 Å².